The van der Waals surface area contributed by atoms with Crippen molar-refractivity contribution < 1.29 is 14.3 Å². The second-order valence-corrected chi connectivity index (χ2v) is 6.00. The Balaban J connectivity index is 1.82. The molecule has 144 valence electrons. The second-order valence-electron chi connectivity index (χ2n) is 6.00. The summed E-state index contributed by atoms with van der Waals surface area (Å²) >= 11 is 0. The second kappa shape index (κ2) is 11.0. The molecule has 0 aliphatic carbocycles. The van der Waals surface area contributed by atoms with Crippen molar-refractivity contribution in [1.82, 2.24) is 25.2 Å². The Hall–Kier alpha value is -2.87. The van der Waals surface area contributed by atoms with E-state index in [1.807, 2.05) is 18.2 Å². The summed E-state index contributed by atoms with van der Waals surface area (Å²) in [6.07, 6.45) is 5.59. The zero-order valence-corrected chi connectivity index (χ0v) is 15.7. The molecule has 27 heavy (non-hydrogen) atoms. The van der Waals surface area contributed by atoms with Gasteiger partial charge in [0.15, 0.2) is 0 Å². The number of carbonyl (C=O) groups excluding carboxylic acids is 2. The third-order valence-electron chi connectivity index (χ3n) is 3.89. The van der Waals surface area contributed by atoms with E-state index in [0.29, 0.717) is 26.1 Å². The van der Waals surface area contributed by atoms with Crippen LogP contribution in [0.3, 0.4) is 0 Å². The van der Waals surface area contributed by atoms with Crippen LogP contribution in [0.25, 0.3) is 0 Å². The topological polar surface area (TPSA) is 97.3 Å². The zero-order valence-electron chi connectivity index (χ0n) is 15.7. The number of hydrogen-bond acceptors (Lipinski definition) is 6. The molecule has 0 saturated heterocycles. The van der Waals surface area contributed by atoms with Gasteiger partial charge in [-0.15, -0.1) is 0 Å². The first-order valence-electron chi connectivity index (χ1n) is 8.83. The fourth-order valence-corrected chi connectivity index (χ4v) is 2.38. The van der Waals surface area contributed by atoms with E-state index < -0.39 is 0 Å². The molecule has 0 unspecified atom stereocenters. The summed E-state index contributed by atoms with van der Waals surface area (Å²) in [4.78, 5) is 38.7. The summed E-state index contributed by atoms with van der Waals surface area (Å²) in [5, 5.41) is 2.85. The molecule has 0 aliphatic heterocycles. The van der Waals surface area contributed by atoms with E-state index in [4.69, 9.17) is 4.74 Å². The SMILES string of the molecule is COCCN(CCC(=O)NCCc1ccccn1)C(=O)c1cnc(C)cn1. The Bertz CT molecular complexity index is 722. The lowest BCUT2D eigenvalue weighted by atomic mass is 10.2. The summed E-state index contributed by atoms with van der Waals surface area (Å²) in [6.45, 7) is 3.36. The van der Waals surface area contributed by atoms with Gasteiger partial charge >= 0.3 is 0 Å². The van der Waals surface area contributed by atoms with Gasteiger partial charge in [0.2, 0.25) is 5.91 Å². The standard InChI is InChI=1S/C19H25N5O3/c1-15-13-23-17(14-22-15)19(26)24(11-12-27-2)10-7-18(25)21-9-6-16-5-3-4-8-20-16/h3-5,8,13-14H,6-7,9-12H2,1-2H3,(H,21,25). The summed E-state index contributed by atoms with van der Waals surface area (Å²) in [5.74, 6) is -0.378. The van der Waals surface area contributed by atoms with Crippen molar-refractivity contribution in [2.75, 3.05) is 33.4 Å². The van der Waals surface area contributed by atoms with Crippen molar-refractivity contribution >= 4 is 11.8 Å². The molecule has 1 N–H and O–H groups in total. The number of nitrogens with zero attached hydrogens (tertiary/aromatic N) is 4. The van der Waals surface area contributed by atoms with Gasteiger partial charge in [0, 0.05) is 57.7 Å². The minimum absolute atomic E-state index is 0.115. The fourth-order valence-electron chi connectivity index (χ4n) is 2.38. The highest BCUT2D eigenvalue weighted by atomic mass is 16.5. The lowest BCUT2D eigenvalue weighted by Gasteiger charge is -2.21. The maximum Gasteiger partial charge on any atom is 0.274 e. The van der Waals surface area contributed by atoms with Crippen LogP contribution in [0.5, 0.6) is 0 Å². The molecule has 8 heteroatoms. The number of aryl methyl sites for hydroxylation is 1. The number of rotatable bonds is 10. The van der Waals surface area contributed by atoms with Crippen LogP contribution in [0, 0.1) is 6.92 Å². The third kappa shape index (κ3) is 7.10. The highest BCUT2D eigenvalue weighted by molar-refractivity contribution is 5.92. The van der Waals surface area contributed by atoms with Crippen molar-refractivity contribution in [2.45, 2.75) is 19.8 Å². The van der Waals surface area contributed by atoms with Gasteiger partial charge in [0.25, 0.3) is 5.91 Å². The molecule has 0 spiro atoms. The predicted molar refractivity (Wildman–Crippen MR) is 100 cm³/mol. The minimum atomic E-state index is -0.263. The highest BCUT2D eigenvalue weighted by Crippen LogP contribution is 2.03. The van der Waals surface area contributed by atoms with Gasteiger partial charge < -0.3 is 15.0 Å². The number of aromatic nitrogens is 3. The van der Waals surface area contributed by atoms with Gasteiger partial charge in [-0.25, -0.2) is 4.98 Å². The molecule has 0 bridgehead atoms. The predicted octanol–water partition coefficient (Wildman–Crippen LogP) is 1.02. The van der Waals surface area contributed by atoms with E-state index in [1.165, 1.54) is 6.20 Å². The van der Waals surface area contributed by atoms with E-state index in [-0.39, 0.29) is 30.5 Å². The van der Waals surface area contributed by atoms with Crippen LogP contribution in [0.4, 0.5) is 0 Å². The van der Waals surface area contributed by atoms with E-state index in [0.717, 1.165) is 11.4 Å². The lowest BCUT2D eigenvalue weighted by molar-refractivity contribution is -0.121. The molecular formula is C19H25N5O3. The number of ether oxygens (including phenoxy) is 1. The van der Waals surface area contributed by atoms with Crippen molar-refractivity contribution in [3.8, 4) is 0 Å². The van der Waals surface area contributed by atoms with Crippen LogP contribution in [0.1, 0.15) is 28.3 Å². The molecule has 0 aromatic carbocycles. The number of carbonyl (C=O) groups is 2. The molecular weight excluding hydrogens is 346 g/mol. The first-order chi connectivity index (χ1) is 13.1. The van der Waals surface area contributed by atoms with Gasteiger partial charge in [0.05, 0.1) is 18.5 Å². The van der Waals surface area contributed by atoms with Crippen LogP contribution in [-0.4, -0.2) is 65.0 Å². The average Bonchev–Trinajstić information content (AvgIpc) is 2.69. The van der Waals surface area contributed by atoms with Gasteiger partial charge in [-0.3, -0.25) is 19.6 Å². The maximum atomic E-state index is 12.6. The van der Waals surface area contributed by atoms with E-state index in [2.05, 4.69) is 20.3 Å². The number of nitrogens with one attached hydrogen (secondary N) is 1. The Labute approximate surface area is 159 Å². The summed E-state index contributed by atoms with van der Waals surface area (Å²) < 4.78 is 5.06. The summed E-state index contributed by atoms with van der Waals surface area (Å²) in [5.41, 5.74) is 1.92. The molecule has 2 aromatic rings. The molecule has 0 fully saturated rings. The number of hydrogen-bond donors (Lipinski definition) is 1. The van der Waals surface area contributed by atoms with E-state index in [9.17, 15) is 9.59 Å². The molecule has 8 nitrogen and oxygen atoms in total. The normalized spacial score (nSPS) is 10.4. The van der Waals surface area contributed by atoms with Crippen LogP contribution in [0.2, 0.25) is 0 Å². The maximum absolute atomic E-state index is 12.6. The highest BCUT2D eigenvalue weighted by Gasteiger charge is 2.18. The largest absolute Gasteiger partial charge is 0.383 e. The third-order valence-corrected chi connectivity index (χ3v) is 3.89. The molecule has 2 aromatic heterocycles. The first kappa shape index (κ1) is 20.4. The first-order valence-corrected chi connectivity index (χ1v) is 8.83. The molecule has 0 atom stereocenters. The Kier molecular flexibility index (Phi) is 8.31. The quantitative estimate of drug-likeness (QED) is 0.670. The Morgan fingerprint density at radius 3 is 2.67 bits per heavy atom. The van der Waals surface area contributed by atoms with E-state index >= 15 is 0 Å². The van der Waals surface area contributed by atoms with Crippen molar-refractivity contribution in [2.24, 2.45) is 0 Å². The Morgan fingerprint density at radius 1 is 1.15 bits per heavy atom. The van der Waals surface area contributed by atoms with E-state index in [1.54, 1.807) is 31.3 Å². The molecule has 0 radical (unpaired) electrons. The molecule has 0 aliphatic rings. The molecule has 2 rings (SSSR count). The van der Waals surface area contributed by atoms with Gasteiger partial charge in [0.1, 0.15) is 5.69 Å². The number of amides is 2. The summed E-state index contributed by atoms with van der Waals surface area (Å²) in [7, 11) is 1.57. The van der Waals surface area contributed by atoms with Gasteiger partial charge in [-0.1, -0.05) is 6.07 Å². The molecule has 0 saturated carbocycles. The zero-order chi connectivity index (χ0) is 19.5. The molecule has 2 heterocycles. The lowest BCUT2D eigenvalue weighted by Crippen LogP contribution is -2.38. The number of methoxy groups -OCH3 is 1. The smallest absolute Gasteiger partial charge is 0.274 e. The van der Waals surface area contributed by atoms with Crippen molar-refractivity contribution in [3.05, 3.63) is 53.9 Å². The summed E-state index contributed by atoms with van der Waals surface area (Å²) in [6, 6.07) is 5.68. The van der Waals surface area contributed by atoms with Gasteiger partial charge in [-0.05, 0) is 19.1 Å². The fraction of sp³-hybridized carbons (Fsp3) is 0.421. The van der Waals surface area contributed by atoms with Crippen LogP contribution in [-0.2, 0) is 16.0 Å². The van der Waals surface area contributed by atoms with Gasteiger partial charge in [-0.2, -0.15) is 0 Å². The molecule has 2 amide bonds. The monoisotopic (exact) mass is 371 g/mol. The number of pyridine rings is 1. The Morgan fingerprint density at radius 2 is 2.00 bits per heavy atom. The van der Waals surface area contributed by atoms with Crippen LogP contribution < -0.4 is 5.32 Å². The average molecular weight is 371 g/mol. The van der Waals surface area contributed by atoms with Crippen LogP contribution >= 0.6 is 0 Å². The van der Waals surface area contributed by atoms with Crippen molar-refractivity contribution in [3.63, 3.8) is 0 Å². The minimum Gasteiger partial charge on any atom is -0.383 e. The van der Waals surface area contributed by atoms with Crippen LogP contribution in [0.15, 0.2) is 36.8 Å². The van der Waals surface area contributed by atoms with Crippen molar-refractivity contribution in [1.29, 1.82) is 0 Å².